The van der Waals surface area contributed by atoms with Crippen molar-refractivity contribution in [3.05, 3.63) is 59.6 Å². The molecule has 1 aliphatic heterocycles. The van der Waals surface area contributed by atoms with Gasteiger partial charge in [0.15, 0.2) is 23.2 Å². The number of nitrogen functional groups attached to an aromatic ring is 1. The Morgan fingerprint density at radius 1 is 1.22 bits per heavy atom. The van der Waals surface area contributed by atoms with E-state index in [9.17, 15) is 13.6 Å². The highest BCUT2D eigenvalue weighted by Crippen LogP contribution is 2.54. The molecule has 0 atom stereocenters. The Morgan fingerprint density at radius 3 is 2.66 bits per heavy atom. The molecule has 3 heterocycles. The van der Waals surface area contributed by atoms with Gasteiger partial charge >= 0.3 is 12.2 Å². The zero-order valence-electron chi connectivity index (χ0n) is 17.6. The van der Waals surface area contributed by atoms with Gasteiger partial charge in [0.05, 0.1) is 18.3 Å². The SMILES string of the molecule is CC.Nc1nccc(CN2C(=O)Oc3cc(Oc4ncco4)c(F)cc3C23CCC3)c1F. The number of amides is 1. The molecule has 168 valence electrons. The minimum absolute atomic E-state index is 0.0764. The third-order valence-corrected chi connectivity index (χ3v) is 5.58. The second kappa shape index (κ2) is 8.45. The maximum Gasteiger partial charge on any atom is 0.416 e. The summed E-state index contributed by atoms with van der Waals surface area (Å²) in [5, 5.41) is 0. The lowest BCUT2D eigenvalue weighted by Gasteiger charge is -2.52. The molecule has 1 spiro atoms. The molecule has 1 aromatic carbocycles. The lowest BCUT2D eigenvalue weighted by Crippen LogP contribution is -2.57. The van der Waals surface area contributed by atoms with Crippen LogP contribution in [0.15, 0.2) is 41.3 Å². The molecular formula is C22H22F2N4O4. The summed E-state index contributed by atoms with van der Waals surface area (Å²) in [6.45, 7) is 3.92. The minimum atomic E-state index is -0.794. The van der Waals surface area contributed by atoms with E-state index in [0.29, 0.717) is 18.4 Å². The van der Waals surface area contributed by atoms with Crippen LogP contribution in [0.5, 0.6) is 17.6 Å². The molecule has 8 nitrogen and oxygen atoms in total. The first-order valence-electron chi connectivity index (χ1n) is 10.3. The molecule has 2 aliphatic rings. The van der Waals surface area contributed by atoms with Crippen LogP contribution in [0.3, 0.4) is 0 Å². The van der Waals surface area contributed by atoms with Gasteiger partial charge in [0.1, 0.15) is 12.0 Å². The molecule has 1 saturated carbocycles. The highest BCUT2D eigenvalue weighted by molar-refractivity contribution is 5.76. The van der Waals surface area contributed by atoms with Gasteiger partial charge < -0.3 is 19.6 Å². The first-order chi connectivity index (χ1) is 15.5. The third-order valence-electron chi connectivity index (χ3n) is 5.58. The number of pyridine rings is 1. The standard InChI is InChI=1S/C20H16F2N4O4.C2H6/c21-13-8-12-14(9-15(13)29-18-25-6-7-28-18)30-19(27)26(20(12)3-1-4-20)10-11-2-5-24-17(23)16(11)22;1-2/h2,5-9H,1,3-4,10H2,(H2,23,24);1-2H3. The molecule has 1 aliphatic carbocycles. The number of hydrogen-bond acceptors (Lipinski definition) is 7. The lowest BCUT2D eigenvalue weighted by atomic mass is 9.69. The van der Waals surface area contributed by atoms with Crippen molar-refractivity contribution in [1.29, 1.82) is 0 Å². The summed E-state index contributed by atoms with van der Waals surface area (Å²) in [5.74, 6) is -1.59. The largest absolute Gasteiger partial charge is 0.417 e. The number of hydrogen-bond donors (Lipinski definition) is 1. The molecule has 5 rings (SSSR count). The van der Waals surface area contributed by atoms with E-state index in [2.05, 4.69) is 9.97 Å². The normalized spacial score (nSPS) is 15.9. The van der Waals surface area contributed by atoms with Crippen molar-refractivity contribution < 1.29 is 27.5 Å². The first-order valence-corrected chi connectivity index (χ1v) is 10.3. The predicted octanol–water partition coefficient (Wildman–Crippen LogP) is 5.14. The number of benzene rings is 1. The van der Waals surface area contributed by atoms with Gasteiger partial charge in [0, 0.05) is 23.4 Å². The van der Waals surface area contributed by atoms with E-state index in [1.54, 1.807) is 0 Å². The van der Waals surface area contributed by atoms with Crippen molar-refractivity contribution in [2.24, 2.45) is 0 Å². The van der Waals surface area contributed by atoms with Crippen LogP contribution in [-0.2, 0) is 12.1 Å². The van der Waals surface area contributed by atoms with Crippen LogP contribution in [0.4, 0.5) is 19.4 Å². The van der Waals surface area contributed by atoms with E-state index in [1.165, 1.54) is 41.8 Å². The third kappa shape index (κ3) is 3.51. The maximum absolute atomic E-state index is 14.8. The first kappa shape index (κ1) is 21.5. The number of fused-ring (bicyclic) bond motifs is 2. The Bertz CT molecular complexity index is 1130. The molecule has 10 heteroatoms. The topological polar surface area (TPSA) is 104 Å². The summed E-state index contributed by atoms with van der Waals surface area (Å²) in [7, 11) is 0. The van der Waals surface area contributed by atoms with Crippen molar-refractivity contribution in [1.82, 2.24) is 14.9 Å². The summed E-state index contributed by atoms with van der Waals surface area (Å²) < 4.78 is 44.9. The highest BCUT2D eigenvalue weighted by Gasteiger charge is 2.52. The van der Waals surface area contributed by atoms with E-state index in [-0.39, 0.29) is 35.5 Å². The summed E-state index contributed by atoms with van der Waals surface area (Å²) >= 11 is 0. The number of anilines is 1. The highest BCUT2D eigenvalue weighted by atomic mass is 19.1. The van der Waals surface area contributed by atoms with Crippen molar-refractivity contribution in [3.63, 3.8) is 0 Å². The Labute approximate surface area is 183 Å². The predicted molar refractivity (Wildman–Crippen MR) is 110 cm³/mol. The van der Waals surface area contributed by atoms with Crippen LogP contribution in [0.1, 0.15) is 44.2 Å². The Hall–Kier alpha value is -3.69. The Morgan fingerprint density at radius 2 is 2.00 bits per heavy atom. The molecule has 1 amide bonds. The summed E-state index contributed by atoms with van der Waals surface area (Å²) in [4.78, 5) is 21.8. The molecule has 0 bridgehead atoms. The quantitative estimate of drug-likeness (QED) is 0.594. The molecule has 1 fully saturated rings. The maximum atomic E-state index is 14.8. The van der Waals surface area contributed by atoms with E-state index in [0.717, 1.165) is 6.42 Å². The van der Waals surface area contributed by atoms with Crippen LogP contribution < -0.4 is 15.2 Å². The van der Waals surface area contributed by atoms with Crippen molar-refractivity contribution in [2.45, 2.75) is 45.2 Å². The lowest BCUT2D eigenvalue weighted by molar-refractivity contribution is 0.000783. The van der Waals surface area contributed by atoms with Crippen LogP contribution >= 0.6 is 0 Å². The van der Waals surface area contributed by atoms with E-state index in [1.807, 2.05) is 13.8 Å². The molecular weight excluding hydrogens is 422 g/mol. The van der Waals surface area contributed by atoms with Gasteiger partial charge in [-0.2, -0.15) is 4.98 Å². The van der Waals surface area contributed by atoms with Crippen LogP contribution in [0, 0.1) is 11.6 Å². The summed E-state index contributed by atoms with van der Waals surface area (Å²) in [5.41, 5.74) is 5.47. The Kier molecular flexibility index (Phi) is 5.68. The number of nitrogens with zero attached hydrogens (tertiary/aromatic N) is 3. The number of rotatable bonds is 4. The molecule has 2 N–H and O–H groups in total. The molecule has 32 heavy (non-hydrogen) atoms. The van der Waals surface area contributed by atoms with E-state index < -0.39 is 23.3 Å². The van der Waals surface area contributed by atoms with Crippen molar-refractivity contribution >= 4 is 11.9 Å². The van der Waals surface area contributed by atoms with Crippen LogP contribution in [-0.4, -0.2) is 21.0 Å². The van der Waals surface area contributed by atoms with Gasteiger partial charge in [-0.1, -0.05) is 13.8 Å². The molecule has 0 unspecified atom stereocenters. The van der Waals surface area contributed by atoms with Crippen molar-refractivity contribution in [3.8, 4) is 17.6 Å². The van der Waals surface area contributed by atoms with Crippen LogP contribution in [0.25, 0.3) is 0 Å². The number of ether oxygens (including phenoxy) is 2. The fourth-order valence-electron chi connectivity index (χ4n) is 3.95. The number of halogens is 2. The van der Waals surface area contributed by atoms with Gasteiger partial charge in [-0.15, -0.1) is 0 Å². The number of nitrogens with two attached hydrogens (primary N) is 1. The van der Waals surface area contributed by atoms with Gasteiger partial charge in [-0.3, -0.25) is 4.90 Å². The molecule has 2 aromatic heterocycles. The number of oxazole rings is 1. The van der Waals surface area contributed by atoms with Gasteiger partial charge in [0.2, 0.25) is 0 Å². The fourth-order valence-corrected chi connectivity index (χ4v) is 3.95. The van der Waals surface area contributed by atoms with Gasteiger partial charge in [-0.05, 0) is 31.4 Å². The zero-order valence-corrected chi connectivity index (χ0v) is 17.6. The smallest absolute Gasteiger partial charge is 0.416 e. The zero-order chi connectivity index (χ0) is 22.9. The monoisotopic (exact) mass is 444 g/mol. The average Bonchev–Trinajstić information content (AvgIpc) is 3.26. The second-order valence-electron chi connectivity index (χ2n) is 7.19. The number of carbonyl (C=O) groups is 1. The fraction of sp³-hybridized carbons (Fsp3) is 0.318. The van der Waals surface area contributed by atoms with Crippen molar-refractivity contribution in [2.75, 3.05) is 5.73 Å². The van der Waals surface area contributed by atoms with Gasteiger partial charge in [-0.25, -0.2) is 18.6 Å². The molecule has 3 aromatic rings. The summed E-state index contributed by atoms with van der Waals surface area (Å²) in [6, 6.07) is 4.04. The molecule has 0 radical (unpaired) electrons. The number of carbonyl (C=O) groups excluding carboxylic acids is 1. The minimum Gasteiger partial charge on any atom is -0.417 e. The summed E-state index contributed by atoms with van der Waals surface area (Å²) in [6.07, 6.45) is 5.24. The van der Waals surface area contributed by atoms with E-state index >= 15 is 0 Å². The number of aromatic nitrogens is 2. The molecule has 0 saturated heterocycles. The van der Waals surface area contributed by atoms with E-state index in [4.69, 9.17) is 19.6 Å². The second-order valence-corrected chi connectivity index (χ2v) is 7.19. The van der Waals surface area contributed by atoms with Crippen LogP contribution in [0.2, 0.25) is 0 Å². The average molecular weight is 444 g/mol. The Balaban J connectivity index is 0.00000119. The van der Waals surface area contributed by atoms with Gasteiger partial charge in [0.25, 0.3) is 0 Å².